The van der Waals surface area contributed by atoms with Crippen molar-refractivity contribution in [1.29, 1.82) is 0 Å². The van der Waals surface area contributed by atoms with E-state index in [1.807, 2.05) is 0 Å². The van der Waals surface area contributed by atoms with Gasteiger partial charge in [0.2, 0.25) is 0 Å². The van der Waals surface area contributed by atoms with Crippen LogP contribution in [0.25, 0.3) is 22.2 Å². The van der Waals surface area contributed by atoms with E-state index in [2.05, 4.69) is 27.1 Å². The lowest BCUT2D eigenvalue weighted by molar-refractivity contribution is -0.137. The Hall–Kier alpha value is -3.63. The molecule has 0 radical (unpaired) electrons. The van der Waals surface area contributed by atoms with E-state index in [1.54, 1.807) is 12.1 Å². The van der Waals surface area contributed by atoms with E-state index in [1.165, 1.54) is 18.3 Å². The predicted octanol–water partition coefficient (Wildman–Crippen LogP) is 4.15. The normalized spacial score (nSPS) is 18.7. The molecule has 1 saturated heterocycles. The number of amides is 1. The molecule has 6 nitrogen and oxygen atoms in total. The van der Waals surface area contributed by atoms with E-state index in [4.69, 9.17) is 0 Å². The third-order valence-corrected chi connectivity index (χ3v) is 5.11. The first-order valence-corrected chi connectivity index (χ1v) is 9.48. The monoisotopic (exact) mass is 449 g/mol. The van der Waals surface area contributed by atoms with Gasteiger partial charge in [-0.25, -0.2) is 8.78 Å². The number of carbonyl (C=O) groups excluding carboxylic acids is 1. The van der Waals surface area contributed by atoms with Crippen LogP contribution in [-0.4, -0.2) is 51.3 Å². The maximum atomic E-state index is 14.5. The van der Waals surface area contributed by atoms with E-state index in [9.17, 15) is 26.7 Å². The molecule has 1 amide bonds. The maximum Gasteiger partial charge on any atom is 0.416 e. The van der Waals surface area contributed by atoms with Crippen LogP contribution < -0.4 is 5.32 Å². The van der Waals surface area contributed by atoms with Gasteiger partial charge in [-0.05, 0) is 24.3 Å². The number of halogens is 5. The second-order valence-electron chi connectivity index (χ2n) is 7.25. The molecular formula is C21H16F5N5O. The summed E-state index contributed by atoms with van der Waals surface area (Å²) >= 11 is 0. The van der Waals surface area contributed by atoms with Crippen molar-refractivity contribution in [2.24, 2.45) is 0 Å². The second kappa shape index (κ2) is 8.13. The number of carbonyl (C=O) groups is 1. The van der Waals surface area contributed by atoms with Crippen LogP contribution in [0.4, 0.5) is 27.8 Å². The Balaban J connectivity index is 1.65. The Morgan fingerprint density at radius 2 is 1.84 bits per heavy atom. The zero-order valence-electron chi connectivity index (χ0n) is 16.4. The summed E-state index contributed by atoms with van der Waals surface area (Å²) in [6.45, 7) is 2.54. The summed E-state index contributed by atoms with van der Waals surface area (Å²) in [5, 5.41) is 11.5. The molecule has 3 aromatic rings. The predicted molar refractivity (Wildman–Crippen MR) is 107 cm³/mol. The number of hydrogen-bond donors (Lipinski definition) is 1. The summed E-state index contributed by atoms with van der Waals surface area (Å²) in [5.74, 6) is -1.97. The quantitative estimate of drug-likeness (QED) is 0.479. The van der Waals surface area contributed by atoms with Crippen LogP contribution in [0.2, 0.25) is 0 Å². The summed E-state index contributed by atoms with van der Waals surface area (Å²) < 4.78 is 66.1. The SMILES string of the molecule is C=C(F)C(=O)N1C[C@H](F)[C@H](Nc2nnc(-c3ccc(C(F)(F)F)cc3)c3ncccc23)C1. The highest BCUT2D eigenvalue weighted by Crippen LogP contribution is 2.33. The van der Waals surface area contributed by atoms with E-state index in [-0.39, 0.29) is 24.6 Å². The first-order chi connectivity index (χ1) is 15.1. The van der Waals surface area contributed by atoms with Gasteiger partial charge in [-0.2, -0.15) is 13.2 Å². The lowest BCUT2D eigenvalue weighted by Crippen LogP contribution is -2.32. The molecule has 2 atom stereocenters. The lowest BCUT2D eigenvalue weighted by atomic mass is 10.1. The first kappa shape index (κ1) is 21.6. The highest BCUT2D eigenvalue weighted by molar-refractivity contribution is 5.97. The van der Waals surface area contributed by atoms with Crippen LogP contribution in [0.5, 0.6) is 0 Å². The van der Waals surface area contributed by atoms with Crippen LogP contribution in [0.3, 0.4) is 0 Å². The zero-order chi connectivity index (χ0) is 23.0. The van der Waals surface area contributed by atoms with Crippen molar-refractivity contribution in [2.45, 2.75) is 18.4 Å². The van der Waals surface area contributed by atoms with E-state index in [0.29, 0.717) is 16.5 Å². The van der Waals surface area contributed by atoms with E-state index in [0.717, 1.165) is 17.0 Å². The highest BCUT2D eigenvalue weighted by Gasteiger charge is 2.37. The first-order valence-electron chi connectivity index (χ1n) is 9.48. The van der Waals surface area contributed by atoms with Gasteiger partial charge in [0.25, 0.3) is 5.91 Å². The van der Waals surface area contributed by atoms with Crippen LogP contribution in [-0.2, 0) is 11.0 Å². The summed E-state index contributed by atoms with van der Waals surface area (Å²) in [4.78, 5) is 17.0. The van der Waals surface area contributed by atoms with Crippen molar-refractivity contribution in [3.63, 3.8) is 0 Å². The number of anilines is 1. The summed E-state index contributed by atoms with van der Waals surface area (Å²) in [6, 6.07) is 6.83. The standard InChI is InChI=1S/C21H16F5N5O/c1-11(22)20(32)31-9-15(23)16(10-31)28-19-14-3-2-8-27-18(14)17(29-30-19)12-4-6-13(7-5-12)21(24,25)26/h2-8,15-16H,1,9-10H2,(H,28,30)/t15-,16+/m0/s1. The van der Waals surface area contributed by atoms with Gasteiger partial charge in [-0.15, -0.1) is 10.2 Å². The van der Waals surface area contributed by atoms with Crippen LogP contribution in [0.15, 0.2) is 55.0 Å². The Morgan fingerprint density at radius 1 is 1.12 bits per heavy atom. The largest absolute Gasteiger partial charge is 0.416 e. The second-order valence-corrected chi connectivity index (χ2v) is 7.25. The molecule has 1 fully saturated rings. The van der Waals surface area contributed by atoms with Gasteiger partial charge >= 0.3 is 6.18 Å². The minimum Gasteiger partial charge on any atom is -0.360 e. The number of alkyl halides is 4. The third kappa shape index (κ3) is 4.10. The van der Waals surface area contributed by atoms with Gasteiger partial charge in [0.1, 0.15) is 17.4 Å². The molecule has 32 heavy (non-hydrogen) atoms. The van der Waals surface area contributed by atoms with Gasteiger partial charge in [-0.1, -0.05) is 18.7 Å². The van der Waals surface area contributed by atoms with Gasteiger partial charge in [-0.3, -0.25) is 9.78 Å². The number of fused-ring (bicyclic) bond motifs is 1. The number of nitrogens with one attached hydrogen (secondary N) is 1. The zero-order valence-corrected chi connectivity index (χ0v) is 16.4. The average Bonchev–Trinajstić information content (AvgIpc) is 3.13. The molecule has 0 spiro atoms. The van der Waals surface area contributed by atoms with Crippen LogP contribution in [0, 0.1) is 0 Å². The Morgan fingerprint density at radius 3 is 2.50 bits per heavy atom. The maximum absolute atomic E-state index is 14.5. The number of rotatable bonds is 4. The van der Waals surface area contributed by atoms with Crippen molar-refractivity contribution >= 4 is 22.6 Å². The minimum atomic E-state index is -4.47. The molecular weight excluding hydrogens is 433 g/mol. The molecule has 4 rings (SSSR count). The number of aromatic nitrogens is 3. The molecule has 0 bridgehead atoms. The molecule has 0 aliphatic carbocycles. The topological polar surface area (TPSA) is 71.0 Å². The molecule has 0 saturated carbocycles. The molecule has 1 aliphatic heterocycles. The average molecular weight is 449 g/mol. The Labute approximate surface area is 178 Å². The van der Waals surface area contributed by atoms with Gasteiger partial charge in [0.05, 0.1) is 18.2 Å². The van der Waals surface area contributed by atoms with E-state index >= 15 is 0 Å². The molecule has 2 aromatic heterocycles. The number of pyridine rings is 1. The molecule has 1 aromatic carbocycles. The van der Waals surface area contributed by atoms with Crippen molar-refractivity contribution < 1.29 is 26.7 Å². The lowest BCUT2D eigenvalue weighted by Gasteiger charge is -2.17. The fraction of sp³-hybridized carbons (Fsp3) is 0.238. The number of benzene rings is 1. The van der Waals surface area contributed by atoms with Crippen molar-refractivity contribution in [1.82, 2.24) is 20.1 Å². The van der Waals surface area contributed by atoms with Crippen LogP contribution >= 0.6 is 0 Å². The summed E-state index contributed by atoms with van der Waals surface area (Å²) in [6.07, 6.45) is -4.46. The summed E-state index contributed by atoms with van der Waals surface area (Å²) in [7, 11) is 0. The minimum absolute atomic E-state index is 0.104. The Kier molecular flexibility index (Phi) is 5.49. The molecule has 11 heteroatoms. The highest BCUT2D eigenvalue weighted by atomic mass is 19.4. The molecule has 1 N–H and O–H groups in total. The summed E-state index contributed by atoms with van der Waals surface area (Å²) in [5.41, 5.74) is 0.190. The van der Waals surface area contributed by atoms with Gasteiger partial charge < -0.3 is 10.2 Å². The molecule has 166 valence electrons. The number of nitrogens with zero attached hydrogens (tertiary/aromatic N) is 4. The molecule has 3 heterocycles. The van der Waals surface area contributed by atoms with Gasteiger partial charge in [0.15, 0.2) is 11.6 Å². The molecule has 1 aliphatic rings. The Bertz CT molecular complexity index is 1180. The van der Waals surface area contributed by atoms with Crippen molar-refractivity contribution in [3.05, 3.63) is 60.6 Å². The molecule has 0 unspecified atom stereocenters. The van der Waals surface area contributed by atoms with Crippen molar-refractivity contribution in [2.75, 3.05) is 18.4 Å². The van der Waals surface area contributed by atoms with Crippen LogP contribution in [0.1, 0.15) is 5.56 Å². The van der Waals surface area contributed by atoms with E-state index < -0.39 is 35.7 Å². The third-order valence-electron chi connectivity index (χ3n) is 5.11. The fourth-order valence-corrected chi connectivity index (χ4v) is 3.52. The van der Waals surface area contributed by atoms with Gasteiger partial charge in [0, 0.05) is 23.7 Å². The number of likely N-dealkylation sites (tertiary alicyclic amines) is 1. The van der Waals surface area contributed by atoms with Crippen molar-refractivity contribution in [3.8, 4) is 11.3 Å². The fourth-order valence-electron chi connectivity index (χ4n) is 3.52. The number of hydrogen-bond acceptors (Lipinski definition) is 5. The smallest absolute Gasteiger partial charge is 0.360 e.